The van der Waals surface area contributed by atoms with Crippen molar-refractivity contribution in [1.82, 2.24) is 0 Å². The highest BCUT2D eigenvalue weighted by Gasteiger charge is 2.45. The zero-order valence-corrected chi connectivity index (χ0v) is 15.0. The lowest BCUT2D eigenvalue weighted by atomic mass is 9.72. The topological polar surface area (TPSA) is 55.7 Å². The minimum Gasteiger partial charge on any atom is -0.367 e. The molecule has 0 spiro atoms. The molecule has 3 heterocycles. The SMILES string of the molecule is O=C1COCC2=C1C(c1ccc(F)c(Br)c1)C1C(=O)CSCC1=N2. The summed E-state index contributed by atoms with van der Waals surface area (Å²) in [4.78, 5) is 29.6. The quantitative estimate of drug-likeness (QED) is 0.715. The Kier molecular flexibility index (Phi) is 4.18. The molecule has 0 radical (unpaired) electrons. The van der Waals surface area contributed by atoms with Crippen molar-refractivity contribution in [3.8, 4) is 0 Å². The van der Waals surface area contributed by atoms with Gasteiger partial charge in [-0.2, -0.15) is 0 Å². The number of fused-ring (bicyclic) bond motifs is 1. The summed E-state index contributed by atoms with van der Waals surface area (Å²) in [5.74, 6) is -0.215. The average molecular weight is 410 g/mol. The van der Waals surface area contributed by atoms with Crippen LogP contribution in [0.3, 0.4) is 0 Å². The van der Waals surface area contributed by atoms with Gasteiger partial charge in [-0.3, -0.25) is 14.6 Å². The Morgan fingerprint density at radius 3 is 2.83 bits per heavy atom. The van der Waals surface area contributed by atoms with E-state index in [-0.39, 0.29) is 30.6 Å². The van der Waals surface area contributed by atoms with Gasteiger partial charge in [-0.1, -0.05) is 6.07 Å². The molecule has 0 amide bonds. The molecule has 2 atom stereocenters. The molecule has 4 nitrogen and oxygen atoms in total. The van der Waals surface area contributed by atoms with Crippen molar-refractivity contribution >= 4 is 45.0 Å². The number of rotatable bonds is 1. The smallest absolute Gasteiger partial charge is 0.187 e. The lowest BCUT2D eigenvalue weighted by Crippen LogP contribution is -2.43. The summed E-state index contributed by atoms with van der Waals surface area (Å²) in [6.45, 7) is 0.271. The normalized spacial score (nSPS) is 26.8. The van der Waals surface area contributed by atoms with Crippen LogP contribution in [-0.4, -0.2) is 42.0 Å². The largest absolute Gasteiger partial charge is 0.367 e. The van der Waals surface area contributed by atoms with E-state index in [1.165, 1.54) is 17.8 Å². The van der Waals surface area contributed by atoms with Crippen molar-refractivity contribution in [1.29, 1.82) is 0 Å². The first-order valence-corrected chi connectivity index (χ1v) is 9.48. The molecule has 0 bridgehead atoms. The Balaban J connectivity index is 1.91. The summed E-state index contributed by atoms with van der Waals surface area (Å²) in [7, 11) is 0. The van der Waals surface area contributed by atoms with Crippen LogP contribution < -0.4 is 0 Å². The van der Waals surface area contributed by atoms with Crippen LogP contribution >= 0.6 is 27.7 Å². The maximum atomic E-state index is 13.6. The average Bonchev–Trinajstić information content (AvgIpc) is 2.56. The molecule has 1 aromatic rings. The highest BCUT2D eigenvalue weighted by molar-refractivity contribution is 9.10. The highest BCUT2D eigenvalue weighted by Crippen LogP contribution is 2.44. The van der Waals surface area contributed by atoms with Crippen LogP contribution in [0.5, 0.6) is 0 Å². The number of thioether (sulfide) groups is 1. The van der Waals surface area contributed by atoms with E-state index in [0.29, 0.717) is 27.2 Å². The van der Waals surface area contributed by atoms with Crippen molar-refractivity contribution in [2.24, 2.45) is 10.9 Å². The lowest BCUT2D eigenvalue weighted by Gasteiger charge is -2.37. The number of aliphatic imine (C=N–C) groups is 1. The van der Waals surface area contributed by atoms with Gasteiger partial charge in [0, 0.05) is 23.0 Å². The van der Waals surface area contributed by atoms with E-state index >= 15 is 0 Å². The first kappa shape index (κ1) is 16.2. The van der Waals surface area contributed by atoms with E-state index in [1.807, 2.05) is 0 Å². The predicted molar refractivity (Wildman–Crippen MR) is 93.0 cm³/mol. The Morgan fingerprint density at radius 2 is 2.04 bits per heavy atom. The van der Waals surface area contributed by atoms with Crippen molar-refractivity contribution in [3.63, 3.8) is 0 Å². The second-order valence-corrected chi connectivity index (χ2v) is 7.81. The number of ketones is 2. The molecule has 1 fully saturated rings. The van der Waals surface area contributed by atoms with Gasteiger partial charge >= 0.3 is 0 Å². The predicted octanol–water partition coefficient (Wildman–Crippen LogP) is 2.91. The van der Waals surface area contributed by atoms with Gasteiger partial charge in [0.2, 0.25) is 0 Å². The summed E-state index contributed by atoms with van der Waals surface area (Å²) in [5.41, 5.74) is 2.70. The first-order valence-electron chi connectivity index (χ1n) is 7.53. The fourth-order valence-electron chi connectivity index (χ4n) is 3.51. The second-order valence-electron chi connectivity index (χ2n) is 5.97. The van der Waals surface area contributed by atoms with E-state index in [2.05, 4.69) is 20.9 Å². The zero-order valence-electron chi connectivity index (χ0n) is 12.6. The molecule has 0 aromatic heterocycles. The van der Waals surface area contributed by atoms with Crippen LogP contribution in [0.4, 0.5) is 4.39 Å². The minimum atomic E-state index is -0.440. The molecular weight excluding hydrogens is 397 g/mol. The van der Waals surface area contributed by atoms with Crippen molar-refractivity contribution in [2.75, 3.05) is 24.7 Å². The van der Waals surface area contributed by atoms with Crippen LogP contribution in [0.25, 0.3) is 0 Å². The van der Waals surface area contributed by atoms with E-state index in [4.69, 9.17) is 4.74 Å². The van der Waals surface area contributed by atoms with Gasteiger partial charge < -0.3 is 4.74 Å². The second kappa shape index (κ2) is 6.20. The van der Waals surface area contributed by atoms with E-state index in [0.717, 1.165) is 11.3 Å². The standard InChI is InChI=1S/C17H13BrFNO3S/c18-9-3-8(1-2-10(9)19)15-16-11(4-23-5-13(16)21)20-12-6-24-7-14(22)17(12)15/h1-3,15,17H,4-7H2. The molecule has 7 heteroatoms. The van der Waals surface area contributed by atoms with Crippen LogP contribution in [-0.2, 0) is 14.3 Å². The zero-order chi connectivity index (χ0) is 16.8. The van der Waals surface area contributed by atoms with Gasteiger partial charge in [0.05, 0.1) is 28.4 Å². The monoisotopic (exact) mass is 409 g/mol. The first-order chi connectivity index (χ1) is 11.6. The third-order valence-electron chi connectivity index (χ3n) is 4.51. The fourth-order valence-corrected chi connectivity index (χ4v) is 4.84. The Hall–Kier alpha value is -1.31. The summed E-state index contributed by atoms with van der Waals surface area (Å²) >= 11 is 4.73. The number of carbonyl (C=O) groups is 2. The summed E-state index contributed by atoms with van der Waals surface area (Å²) in [5, 5.41) is 0. The van der Waals surface area contributed by atoms with Crippen LogP contribution in [0.2, 0.25) is 0 Å². The van der Waals surface area contributed by atoms with Gasteiger partial charge in [-0.15, -0.1) is 11.8 Å². The number of halogens is 2. The van der Waals surface area contributed by atoms with Gasteiger partial charge in [-0.05, 0) is 33.6 Å². The molecule has 0 aliphatic carbocycles. The van der Waals surface area contributed by atoms with Gasteiger partial charge in [0.25, 0.3) is 0 Å². The number of Topliss-reactive ketones (excluding diaryl/α,β-unsaturated/α-hetero) is 2. The molecule has 1 aromatic carbocycles. The van der Waals surface area contributed by atoms with E-state index in [1.54, 1.807) is 12.1 Å². The van der Waals surface area contributed by atoms with E-state index in [9.17, 15) is 14.0 Å². The van der Waals surface area contributed by atoms with E-state index < -0.39 is 11.8 Å². The number of hydrogen-bond acceptors (Lipinski definition) is 5. The summed E-state index contributed by atoms with van der Waals surface area (Å²) < 4.78 is 19.3. The lowest BCUT2D eigenvalue weighted by molar-refractivity contribution is -0.122. The molecule has 0 N–H and O–H groups in total. The van der Waals surface area contributed by atoms with Crippen LogP contribution in [0, 0.1) is 11.7 Å². The van der Waals surface area contributed by atoms with Crippen LogP contribution in [0.1, 0.15) is 11.5 Å². The number of carbonyl (C=O) groups excluding carboxylic acids is 2. The molecule has 2 unspecified atom stereocenters. The van der Waals surface area contributed by atoms with Crippen LogP contribution in [0.15, 0.2) is 38.9 Å². The molecular formula is C17H13BrFNO3S. The van der Waals surface area contributed by atoms with Crippen molar-refractivity contribution in [2.45, 2.75) is 5.92 Å². The molecule has 0 saturated carbocycles. The molecule has 3 aliphatic heterocycles. The van der Waals surface area contributed by atoms with Crippen molar-refractivity contribution < 1.29 is 18.7 Å². The molecule has 3 aliphatic rings. The third kappa shape index (κ3) is 2.59. The van der Waals surface area contributed by atoms with Gasteiger partial charge in [-0.25, -0.2) is 4.39 Å². The highest BCUT2D eigenvalue weighted by atomic mass is 79.9. The molecule has 1 saturated heterocycles. The Morgan fingerprint density at radius 1 is 1.21 bits per heavy atom. The van der Waals surface area contributed by atoms with Crippen molar-refractivity contribution in [3.05, 3.63) is 45.3 Å². The number of ether oxygens (including phenoxy) is 1. The third-order valence-corrected chi connectivity index (χ3v) is 6.11. The number of hydrogen-bond donors (Lipinski definition) is 0. The maximum Gasteiger partial charge on any atom is 0.187 e. The van der Waals surface area contributed by atoms with Gasteiger partial charge in [0.1, 0.15) is 12.4 Å². The molecule has 24 heavy (non-hydrogen) atoms. The molecule has 4 rings (SSSR count). The number of benzene rings is 1. The maximum absolute atomic E-state index is 13.6. The summed E-state index contributed by atoms with van der Waals surface area (Å²) in [6, 6.07) is 4.67. The Bertz CT molecular complexity index is 820. The Labute approximate surface area is 150 Å². The minimum absolute atomic E-state index is 0.00177. The summed E-state index contributed by atoms with van der Waals surface area (Å²) in [6.07, 6.45) is 0. The number of nitrogens with zero attached hydrogens (tertiary/aromatic N) is 1. The van der Waals surface area contributed by atoms with Gasteiger partial charge in [0.15, 0.2) is 11.6 Å². The fraction of sp³-hybridized carbons (Fsp3) is 0.353. The molecule has 124 valence electrons.